The molecule has 0 unspecified atom stereocenters. The second-order valence-electron chi connectivity index (χ2n) is 5.97. The van der Waals surface area contributed by atoms with E-state index >= 15 is 0 Å². The van der Waals surface area contributed by atoms with Crippen LogP contribution in [0, 0.1) is 0 Å². The highest BCUT2D eigenvalue weighted by Gasteiger charge is 2.22. The number of thiazole rings is 1. The summed E-state index contributed by atoms with van der Waals surface area (Å²) >= 11 is 1.85. The first kappa shape index (κ1) is 14.7. The normalized spacial score (nSPS) is 14.2. The van der Waals surface area contributed by atoms with Gasteiger partial charge in [-0.05, 0) is 56.5 Å². The summed E-state index contributed by atoms with van der Waals surface area (Å²) in [7, 11) is 1.69. The van der Waals surface area contributed by atoms with E-state index in [4.69, 9.17) is 15.5 Å². The number of hydrogen-bond donors (Lipinski definition) is 1. The van der Waals surface area contributed by atoms with Crippen molar-refractivity contribution in [2.24, 2.45) is 5.73 Å². The predicted octanol–water partition coefficient (Wildman–Crippen LogP) is 3.45. The number of benzene rings is 1. The fourth-order valence-electron chi connectivity index (χ4n) is 3.44. The van der Waals surface area contributed by atoms with Gasteiger partial charge in [0.1, 0.15) is 5.75 Å². The van der Waals surface area contributed by atoms with Crippen LogP contribution >= 0.6 is 11.3 Å². The molecule has 0 bridgehead atoms. The van der Waals surface area contributed by atoms with Gasteiger partial charge in [-0.3, -0.25) is 4.40 Å². The molecule has 0 amide bonds. The van der Waals surface area contributed by atoms with Gasteiger partial charge in [-0.25, -0.2) is 4.98 Å². The number of aromatic nitrogens is 2. The van der Waals surface area contributed by atoms with Crippen LogP contribution in [0.3, 0.4) is 0 Å². The third-order valence-corrected chi connectivity index (χ3v) is 5.70. The summed E-state index contributed by atoms with van der Waals surface area (Å²) in [4.78, 5) is 7.58. The Hall–Kier alpha value is -1.85. The number of aryl methyl sites for hydroxylation is 2. The molecule has 0 atom stereocenters. The third-order valence-electron chi connectivity index (χ3n) is 4.56. The minimum Gasteiger partial charge on any atom is -0.497 e. The van der Waals surface area contributed by atoms with E-state index in [9.17, 15) is 0 Å². The third kappa shape index (κ3) is 2.44. The standard InChI is InChI=1S/C18H21N3OS/c1-22-13-8-6-12(7-9-13)17-15(10-11-19)21-14-4-2-3-5-16(14)23-18(21)20-17/h6-9H,2-5,10-11,19H2,1H3. The van der Waals surface area contributed by atoms with E-state index in [0.717, 1.165) is 34.8 Å². The summed E-state index contributed by atoms with van der Waals surface area (Å²) in [6.07, 6.45) is 5.78. The molecule has 2 aromatic heterocycles. The topological polar surface area (TPSA) is 52.5 Å². The molecule has 0 saturated carbocycles. The molecule has 5 heteroatoms. The van der Waals surface area contributed by atoms with Gasteiger partial charge in [-0.2, -0.15) is 0 Å². The van der Waals surface area contributed by atoms with Crippen LogP contribution in [0.15, 0.2) is 24.3 Å². The van der Waals surface area contributed by atoms with Crippen molar-refractivity contribution in [1.82, 2.24) is 9.38 Å². The summed E-state index contributed by atoms with van der Waals surface area (Å²) in [5.41, 5.74) is 10.8. The molecular formula is C18H21N3OS. The van der Waals surface area contributed by atoms with Crippen LogP contribution in [0.1, 0.15) is 29.1 Å². The molecule has 2 N–H and O–H groups in total. The number of rotatable bonds is 4. The lowest BCUT2D eigenvalue weighted by molar-refractivity contribution is 0.415. The molecule has 0 radical (unpaired) electrons. The van der Waals surface area contributed by atoms with Crippen LogP contribution in [0.4, 0.5) is 0 Å². The molecule has 0 saturated heterocycles. The largest absolute Gasteiger partial charge is 0.497 e. The number of fused-ring (bicyclic) bond motifs is 3. The summed E-state index contributed by atoms with van der Waals surface area (Å²) in [5, 5.41) is 0. The first-order valence-corrected chi connectivity index (χ1v) is 9.00. The summed E-state index contributed by atoms with van der Waals surface area (Å²) < 4.78 is 7.64. The average molecular weight is 327 g/mol. The summed E-state index contributed by atoms with van der Waals surface area (Å²) in [6, 6.07) is 8.14. The van der Waals surface area contributed by atoms with E-state index in [2.05, 4.69) is 16.5 Å². The van der Waals surface area contributed by atoms with Crippen LogP contribution in [0.25, 0.3) is 16.2 Å². The van der Waals surface area contributed by atoms with E-state index < -0.39 is 0 Å². The van der Waals surface area contributed by atoms with Crippen molar-refractivity contribution in [3.8, 4) is 17.0 Å². The van der Waals surface area contributed by atoms with E-state index in [1.165, 1.54) is 35.5 Å². The highest BCUT2D eigenvalue weighted by molar-refractivity contribution is 7.17. The van der Waals surface area contributed by atoms with Crippen LogP contribution in [0.5, 0.6) is 5.75 Å². The monoisotopic (exact) mass is 327 g/mol. The molecular weight excluding hydrogens is 306 g/mol. The van der Waals surface area contributed by atoms with Crippen molar-refractivity contribution in [1.29, 1.82) is 0 Å². The fraction of sp³-hybridized carbons (Fsp3) is 0.389. The Labute approximate surface area is 139 Å². The minimum absolute atomic E-state index is 0.640. The zero-order valence-corrected chi connectivity index (χ0v) is 14.2. The lowest BCUT2D eigenvalue weighted by Crippen LogP contribution is -2.09. The van der Waals surface area contributed by atoms with Crippen molar-refractivity contribution in [2.75, 3.05) is 13.7 Å². The zero-order chi connectivity index (χ0) is 15.8. The fourth-order valence-corrected chi connectivity index (χ4v) is 4.67. The molecule has 23 heavy (non-hydrogen) atoms. The van der Waals surface area contributed by atoms with Crippen molar-refractivity contribution in [3.63, 3.8) is 0 Å². The van der Waals surface area contributed by atoms with Crippen LogP contribution in [-0.4, -0.2) is 23.0 Å². The molecule has 4 rings (SSSR count). The Morgan fingerprint density at radius 2 is 2.00 bits per heavy atom. The van der Waals surface area contributed by atoms with Gasteiger partial charge in [0.15, 0.2) is 4.96 Å². The van der Waals surface area contributed by atoms with Crippen molar-refractivity contribution < 1.29 is 4.74 Å². The number of imidazole rings is 1. The smallest absolute Gasteiger partial charge is 0.194 e. The number of nitrogens with two attached hydrogens (primary N) is 1. The van der Waals surface area contributed by atoms with Gasteiger partial charge in [-0.15, -0.1) is 11.3 Å². The number of ether oxygens (including phenoxy) is 1. The molecule has 1 aromatic carbocycles. The molecule has 3 aromatic rings. The Morgan fingerprint density at radius 3 is 2.74 bits per heavy atom. The second-order valence-corrected chi connectivity index (χ2v) is 7.03. The maximum atomic E-state index is 5.89. The quantitative estimate of drug-likeness (QED) is 0.798. The average Bonchev–Trinajstić information content (AvgIpc) is 3.12. The molecule has 4 nitrogen and oxygen atoms in total. The van der Waals surface area contributed by atoms with Gasteiger partial charge >= 0.3 is 0 Å². The van der Waals surface area contributed by atoms with Crippen LogP contribution < -0.4 is 10.5 Å². The van der Waals surface area contributed by atoms with Gasteiger partial charge in [0, 0.05) is 22.6 Å². The number of methoxy groups -OCH3 is 1. The minimum atomic E-state index is 0.640. The number of nitrogens with zero attached hydrogens (tertiary/aromatic N) is 2. The first-order valence-electron chi connectivity index (χ1n) is 8.18. The van der Waals surface area contributed by atoms with Gasteiger partial charge in [-0.1, -0.05) is 0 Å². The van der Waals surface area contributed by atoms with E-state index in [-0.39, 0.29) is 0 Å². The molecule has 1 aliphatic rings. The Kier molecular flexibility index (Phi) is 3.83. The van der Waals surface area contributed by atoms with Gasteiger partial charge in [0.25, 0.3) is 0 Å². The first-order chi connectivity index (χ1) is 11.3. The molecule has 0 fully saturated rings. The predicted molar refractivity (Wildman–Crippen MR) is 94.5 cm³/mol. The highest BCUT2D eigenvalue weighted by atomic mass is 32.1. The maximum Gasteiger partial charge on any atom is 0.194 e. The van der Waals surface area contributed by atoms with E-state index in [1.54, 1.807) is 7.11 Å². The molecule has 1 aliphatic carbocycles. The van der Waals surface area contributed by atoms with E-state index in [1.807, 2.05) is 23.5 Å². The van der Waals surface area contributed by atoms with Crippen LogP contribution in [-0.2, 0) is 19.3 Å². The van der Waals surface area contributed by atoms with Gasteiger partial charge in [0.2, 0.25) is 0 Å². The lowest BCUT2D eigenvalue weighted by Gasteiger charge is -2.12. The van der Waals surface area contributed by atoms with Crippen LogP contribution in [0.2, 0.25) is 0 Å². The van der Waals surface area contributed by atoms with Crippen molar-refractivity contribution in [2.45, 2.75) is 32.1 Å². The lowest BCUT2D eigenvalue weighted by atomic mass is 10.0. The number of hydrogen-bond acceptors (Lipinski definition) is 4. The Morgan fingerprint density at radius 1 is 1.22 bits per heavy atom. The molecule has 120 valence electrons. The second kappa shape index (κ2) is 5.98. The van der Waals surface area contributed by atoms with E-state index in [0.29, 0.717) is 6.54 Å². The highest BCUT2D eigenvalue weighted by Crippen LogP contribution is 2.35. The Bertz CT molecular complexity index is 832. The summed E-state index contributed by atoms with van der Waals surface area (Å²) in [5.74, 6) is 0.868. The Balaban J connectivity index is 1.88. The van der Waals surface area contributed by atoms with Crippen molar-refractivity contribution in [3.05, 3.63) is 40.5 Å². The SMILES string of the molecule is COc1ccc(-c2nc3sc4c(n3c2CCN)CCCC4)cc1. The van der Waals surface area contributed by atoms with Crippen molar-refractivity contribution >= 4 is 16.3 Å². The zero-order valence-electron chi connectivity index (χ0n) is 13.3. The summed E-state index contributed by atoms with van der Waals surface area (Å²) in [6.45, 7) is 0.640. The molecule has 0 aliphatic heterocycles. The molecule has 0 spiro atoms. The maximum absolute atomic E-state index is 5.89. The van der Waals surface area contributed by atoms with Gasteiger partial charge < -0.3 is 10.5 Å². The molecule has 2 heterocycles. The van der Waals surface area contributed by atoms with Gasteiger partial charge in [0.05, 0.1) is 18.5 Å².